The smallest absolute Gasteiger partial charge is 0.150 e. The number of pyridine rings is 1. The molecule has 0 spiro atoms. The molecule has 0 fully saturated rings. The Morgan fingerprint density at radius 3 is 3.07 bits per heavy atom. The highest BCUT2D eigenvalue weighted by Gasteiger charge is 1.99. The third-order valence-corrected chi connectivity index (χ3v) is 3.74. The van der Waals surface area contributed by atoms with E-state index in [2.05, 4.69) is 9.97 Å². The summed E-state index contributed by atoms with van der Waals surface area (Å²) in [4.78, 5) is 8.37. The Morgan fingerprint density at radius 2 is 2.36 bits per heavy atom. The molecule has 0 atom stereocenters. The lowest BCUT2D eigenvalue weighted by Crippen LogP contribution is -1.85. The first-order valence-corrected chi connectivity index (χ1v) is 6.22. The summed E-state index contributed by atoms with van der Waals surface area (Å²) in [6, 6.07) is 5.65. The van der Waals surface area contributed by atoms with Crippen molar-refractivity contribution in [2.45, 2.75) is 10.1 Å². The number of hydrogen-bond donors (Lipinski definition) is 0. The highest BCUT2D eigenvalue weighted by atomic mass is 35.5. The fraction of sp³-hybridized carbons (Fsp3) is 0.111. The molecule has 2 rings (SSSR count). The predicted molar refractivity (Wildman–Crippen MR) is 60.9 cm³/mol. The Morgan fingerprint density at radius 1 is 1.43 bits per heavy atom. The zero-order valence-electron chi connectivity index (χ0n) is 7.18. The molecule has 2 heterocycles. The Labute approximate surface area is 95.4 Å². The van der Waals surface area contributed by atoms with E-state index < -0.39 is 0 Å². The standard InChI is InChI=1S/C9H7ClN2S2/c10-8-3-1-2-7(12-8)6-14-9-11-4-5-13-9/h1-5H,6H2. The van der Waals surface area contributed by atoms with E-state index in [-0.39, 0.29) is 0 Å². The maximum absolute atomic E-state index is 5.77. The van der Waals surface area contributed by atoms with Crippen LogP contribution >= 0.6 is 34.7 Å². The SMILES string of the molecule is Clc1cccc(CSc2nccs2)n1. The molecule has 0 amide bonds. The molecule has 5 heteroatoms. The van der Waals surface area contributed by atoms with Crippen molar-refractivity contribution in [3.05, 3.63) is 40.6 Å². The van der Waals surface area contributed by atoms with Crippen molar-refractivity contribution in [2.24, 2.45) is 0 Å². The third-order valence-electron chi connectivity index (χ3n) is 1.53. The van der Waals surface area contributed by atoms with E-state index in [4.69, 9.17) is 11.6 Å². The minimum absolute atomic E-state index is 0.544. The summed E-state index contributed by atoms with van der Waals surface area (Å²) in [7, 11) is 0. The minimum atomic E-state index is 0.544. The Hall–Kier alpha value is -0.580. The van der Waals surface area contributed by atoms with E-state index in [0.717, 1.165) is 15.8 Å². The second-order valence-electron chi connectivity index (χ2n) is 2.54. The Kier molecular flexibility index (Phi) is 3.39. The van der Waals surface area contributed by atoms with Gasteiger partial charge in [-0.15, -0.1) is 11.3 Å². The van der Waals surface area contributed by atoms with E-state index in [1.807, 2.05) is 17.5 Å². The van der Waals surface area contributed by atoms with Crippen molar-refractivity contribution in [1.82, 2.24) is 9.97 Å². The lowest BCUT2D eigenvalue weighted by molar-refractivity contribution is 1.17. The van der Waals surface area contributed by atoms with Crippen molar-refractivity contribution in [1.29, 1.82) is 0 Å². The van der Waals surface area contributed by atoms with Gasteiger partial charge in [-0.05, 0) is 12.1 Å². The maximum Gasteiger partial charge on any atom is 0.150 e. The molecule has 0 N–H and O–H groups in total. The van der Waals surface area contributed by atoms with Crippen LogP contribution in [0.1, 0.15) is 5.69 Å². The van der Waals surface area contributed by atoms with Crippen molar-refractivity contribution >= 4 is 34.7 Å². The number of aromatic nitrogens is 2. The summed E-state index contributed by atoms with van der Waals surface area (Å²) in [5, 5.41) is 2.51. The summed E-state index contributed by atoms with van der Waals surface area (Å²) in [5.74, 6) is 0.814. The minimum Gasteiger partial charge on any atom is -0.240 e. The molecule has 2 nitrogen and oxygen atoms in total. The van der Waals surface area contributed by atoms with Crippen LogP contribution in [-0.4, -0.2) is 9.97 Å². The topological polar surface area (TPSA) is 25.8 Å². The van der Waals surface area contributed by atoms with Crippen LogP contribution in [0.25, 0.3) is 0 Å². The molecule has 0 aliphatic rings. The number of hydrogen-bond acceptors (Lipinski definition) is 4. The van der Waals surface area contributed by atoms with Crippen molar-refractivity contribution < 1.29 is 0 Å². The van der Waals surface area contributed by atoms with Gasteiger partial charge < -0.3 is 0 Å². The van der Waals surface area contributed by atoms with Crippen LogP contribution in [0.2, 0.25) is 5.15 Å². The van der Waals surface area contributed by atoms with Crippen molar-refractivity contribution in [3.8, 4) is 0 Å². The average molecular weight is 243 g/mol. The van der Waals surface area contributed by atoms with Gasteiger partial charge in [0, 0.05) is 17.3 Å². The van der Waals surface area contributed by atoms with Crippen LogP contribution in [0.5, 0.6) is 0 Å². The molecule has 2 aromatic heterocycles. The summed E-state index contributed by atoms with van der Waals surface area (Å²) in [6.07, 6.45) is 1.80. The van der Waals surface area contributed by atoms with E-state index in [9.17, 15) is 0 Å². The van der Waals surface area contributed by atoms with Crippen LogP contribution in [0.3, 0.4) is 0 Å². The summed E-state index contributed by atoms with van der Waals surface area (Å²) in [5.41, 5.74) is 0.984. The van der Waals surface area contributed by atoms with Crippen molar-refractivity contribution in [2.75, 3.05) is 0 Å². The largest absolute Gasteiger partial charge is 0.240 e. The van der Waals surface area contributed by atoms with E-state index >= 15 is 0 Å². The second-order valence-corrected chi connectivity index (χ2v) is 5.04. The second kappa shape index (κ2) is 4.77. The third kappa shape index (κ3) is 2.70. The lowest BCUT2D eigenvalue weighted by atomic mass is 10.4. The number of rotatable bonds is 3. The molecule has 0 unspecified atom stereocenters. The monoisotopic (exact) mass is 242 g/mol. The van der Waals surface area contributed by atoms with Gasteiger partial charge in [-0.2, -0.15) is 0 Å². The molecule has 0 radical (unpaired) electrons. The molecular formula is C9H7ClN2S2. The average Bonchev–Trinajstić information content (AvgIpc) is 2.67. The summed E-state index contributed by atoms with van der Waals surface area (Å²) >= 11 is 9.08. The first-order valence-electron chi connectivity index (χ1n) is 3.98. The molecule has 2 aromatic rings. The van der Waals surface area contributed by atoms with Crippen molar-refractivity contribution in [3.63, 3.8) is 0 Å². The highest BCUT2D eigenvalue weighted by molar-refractivity contribution is 8.00. The number of nitrogens with zero attached hydrogens (tertiary/aromatic N) is 2. The fourth-order valence-electron chi connectivity index (χ4n) is 0.948. The molecule has 0 aromatic carbocycles. The van der Waals surface area contributed by atoms with Gasteiger partial charge in [-0.25, -0.2) is 9.97 Å². The molecule has 72 valence electrons. The van der Waals surface area contributed by atoms with Crippen LogP contribution < -0.4 is 0 Å². The molecule has 0 saturated carbocycles. The lowest BCUT2D eigenvalue weighted by Gasteiger charge is -1.97. The maximum atomic E-state index is 5.77. The number of thioether (sulfide) groups is 1. The molecule has 14 heavy (non-hydrogen) atoms. The summed E-state index contributed by atoms with van der Waals surface area (Å²) < 4.78 is 1.06. The van der Waals surface area contributed by atoms with E-state index in [1.54, 1.807) is 35.4 Å². The van der Waals surface area contributed by atoms with Crippen LogP contribution in [0, 0.1) is 0 Å². The van der Waals surface area contributed by atoms with Gasteiger partial charge in [-0.1, -0.05) is 29.4 Å². The van der Waals surface area contributed by atoms with E-state index in [1.165, 1.54) is 0 Å². The van der Waals surface area contributed by atoms with Gasteiger partial charge >= 0.3 is 0 Å². The van der Waals surface area contributed by atoms with Gasteiger partial charge in [0.2, 0.25) is 0 Å². The predicted octanol–water partition coefficient (Wildman–Crippen LogP) is 3.48. The zero-order chi connectivity index (χ0) is 9.80. The normalized spacial score (nSPS) is 10.4. The molecular weight excluding hydrogens is 236 g/mol. The molecule has 0 aliphatic carbocycles. The first kappa shape index (κ1) is 9.96. The van der Waals surface area contributed by atoms with Gasteiger partial charge in [0.25, 0.3) is 0 Å². The van der Waals surface area contributed by atoms with Crippen LogP contribution in [0.4, 0.5) is 0 Å². The van der Waals surface area contributed by atoms with E-state index in [0.29, 0.717) is 5.15 Å². The summed E-state index contributed by atoms with van der Waals surface area (Å²) in [6.45, 7) is 0. The number of thiazole rings is 1. The fourth-order valence-corrected chi connectivity index (χ4v) is 2.67. The van der Waals surface area contributed by atoms with Crippen LogP contribution in [0.15, 0.2) is 34.1 Å². The highest BCUT2D eigenvalue weighted by Crippen LogP contribution is 2.23. The van der Waals surface area contributed by atoms with Gasteiger partial charge in [0.15, 0.2) is 0 Å². The van der Waals surface area contributed by atoms with Gasteiger partial charge in [0.05, 0.1) is 5.69 Å². The molecule has 0 bridgehead atoms. The zero-order valence-corrected chi connectivity index (χ0v) is 9.57. The van der Waals surface area contributed by atoms with Gasteiger partial charge in [-0.3, -0.25) is 0 Å². The Balaban J connectivity index is 1.98. The van der Waals surface area contributed by atoms with Crippen LogP contribution in [-0.2, 0) is 5.75 Å². The van der Waals surface area contributed by atoms with Gasteiger partial charge in [0.1, 0.15) is 9.49 Å². The first-order chi connectivity index (χ1) is 6.84. The quantitative estimate of drug-likeness (QED) is 0.609. The Bertz CT molecular complexity index is 403. The molecule has 0 saturated heterocycles. The number of halogens is 1. The molecule has 0 aliphatic heterocycles.